The second-order valence-corrected chi connectivity index (χ2v) is 3.44. The number of ether oxygens (including phenoxy) is 1. The van der Waals surface area contributed by atoms with Crippen molar-refractivity contribution in [2.75, 3.05) is 26.4 Å². The Morgan fingerprint density at radius 2 is 2.25 bits per heavy atom. The highest BCUT2D eigenvalue weighted by Gasteiger charge is 2.14. The fourth-order valence-corrected chi connectivity index (χ4v) is 1.40. The molecule has 0 radical (unpaired) electrons. The van der Waals surface area contributed by atoms with Crippen molar-refractivity contribution in [3.05, 3.63) is 23.2 Å². The van der Waals surface area contributed by atoms with Crippen LogP contribution in [0, 0.1) is 13.8 Å². The lowest BCUT2D eigenvalue weighted by Crippen LogP contribution is -2.28. The summed E-state index contributed by atoms with van der Waals surface area (Å²) >= 11 is 0. The highest BCUT2D eigenvalue weighted by atomic mass is 16.5. The van der Waals surface area contributed by atoms with Gasteiger partial charge in [0.25, 0.3) is 5.91 Å². The average Bonchev–Trinajstić information content (AvgIpc) is 2.58. The Hall–Kier alpha value is -1.33. The summed E-state index contributed by atoms with van der Waals surface area (Å²) in [6.45, 7) is 4.68. The van der Waals surface area contributed by atoms with E-state index in [0.717, 1.165) is 5.56 Å². The van der Waals surface area contributed by atoms with Crippen LogP contribution in [0.15, 0.2) is 10.7 Å². The monoisotopic (exact) mass is 227 g/mol. The van der Waals surface area contributed by atoms with Gasteiger partial charge in [-0.1, -0.05) is 0 Å². The topological polar surface area (TPSA) is 71.7 Å². The van der Waals surface area contributed by atoms with Crippen molar-refractivity contribution in [3.8, 4) is 0 Å². The number of amides is 1. The van der Waals surface area contributed by atoms with Crippen LogP contribution in [0.25, 0.3) is 0 Å². The van der Waals surface area contributed by atoms with Crippen LogP contribution in [0.2, 0.25) is 0 Å². The number of carbonyl (C=O) groups excluding carboxylic acids is 1. The van der Waals surface area contributed by atoms with Crippen LogP contribution in [0.4, 0.5) is 0 Å². The Kier molecular flexibility index (Phi) is 5.01. The minimum absolute atomic E-state index is 0.00606. The van der Waals surface area contributed by atoms with E-state index >= 15 is 0 Å². The van der Waals surface area contributed by atoms with E-state index in [1.807, 2.05) is 6.92 Å². The largest absolute Gasteiger partial charge is 0.469 e. The minimum Gasteiger partial charge on any atom is -0.469 e. The van der Waals surface area contributed by atoms with Crippen LogP contribution in [0.5, 0.6) is 0 Å². The zero-order valence-corrected chi connectivity index (χ0v) is 9.58. The molecule has 2 N–H and O–H groups in total. The van der Waals surface area contributed by atoms with Gasteiger partial charge in [-0.2, -0.15) is 0 Å². The standard InChI is InChI=1S/C11H17NO4/c1-8-7-16-9(2)10(8)11(14)12-3-5-15-6-4-13/h7,13H,3-6H2,1-2H3,(H,12,14). The third kappa shape index (κ3) is 3.36. The van der Waals surface area contributed by atoms with Gasteiger partial charge >= 0.3 is 0 Å². The molecule has 0 bridgehead atoms. The van der Waals surface area contributed by atoms with Gasteiger partial charge < -0.3 is 19.6 Å². The van der Waals surface area contributed by atoms with Crippen LogP contribution in [0.1, 0.15) is 21.7 Å². The van der Waals surface area contributed by atoms with E-state index in [9.17, 15) is 4.79 Å². The second kappa shape index (κ2) is 6.30. The van der Waals surface area contributed by atoms with Crippen molar-refractivity contribution in [2.24, 2.45) is 0 Å². The van der Waals surface area contributed by atoms with E-state index in [2.05, 4.69) is 5.32 Å². The van der Waals surface area contributed by atoms with Gasteiger partial charge in [0.05, 0.1) is 31.6 Å². The number of furan rings is 1. The molecule has 1 aromatic heterocycles. The van der Waals surface area contributed by atoms with E-state index in [1.54, 1.807) is 13.2 Å². The van der Waals surface area contributed by atoms with Gasteiger partial charge in [0.2, 0.25) is 0 Å². The molecule has 0 saturated carbocycles. The molecule has 90 valence electrons. The van der Waals surface area contributed by atoms with E-state index in [-0.39, 0.29) is 12.5 Å². The summed E-state index contributed by atoms with van der Waals surface area (Å²) in [6.07, 6.45) is 1.56. The van der Waals surface area contributed by atoms with Crippen LogP contribution in [-0.4, -0.2) is 37.4 Å². The first-order valence-corrected chi connectivity index (χ1v) is 5.18. The Labute approximate surface area is 94.4 Å². The molecule has 0 atom stereocenters. The molecule has 1 rings (SSSR count). The molecule has 5 heteroatoms. The van der Waals surface area contributed by atoms with Crippen molar-refractivity contribution in [1.82, 2.24) is 5.32 Å². The maximum absolute atomic E-state index is 11.7. The SMILES string of the molecule is Cc1coc(C)c1C(=O)NCCOCCO. The first-order chi connectivity index (χ1) is 7.66. The summed E-state index contributed by atoms with van der Waals surface area (Å²) in [5.41, 5.74) is 1.41. The van der Waals surface area contributed by atoms with E-state index in [4.69, 9.17) is 14.3 Å². The summed E-state index contributed by atoms with van der Waals surface area (Å²) in [4.78, 5) is 11.7. The molecular weight excluding hydrogens is 210 g/mol. The molecule has 0 spiro atoms. The lowest BCUT2D eigenvalue weighted by molar-refractivity contribution is 0.0837. The van der Waals surface area contributed by atoms with Crippen LogP contribution >= 0.6 is 0 Å². The Morgan fingerprint density at radius 1 is 1.50 bits per heavy atom. The zero-order chi connectivity index (χ0) is 12.0. The Balaban J connectivity index is 2.36. The molecule has 5 nitrogen and oxygen atoms in total. The molecule has 0 fully saturated rings. The first kappa shape index (κ1) is 12.7. The highest BCUT2D eigenvalue weighted by molar-refractivity contribution is 5.96. The quantitative estimate of drug-likeness (QED) is 0.699. The first-order valence-electron chi connectivity index (χ1n) is 5.18. The van der Waals surface area contributed by atoms with Gasteiger partial charge in [0.15, 0.2) is 0 Å². The Bertz CT molecular complexity index is 326. The average molecular weight is 227 g/mol. The molecule has 16 heavy (non-hydrogen) atoms. The minimum atomic E-state index is -0.156. The van der Waals surface area contributed by atoms with Gasteiger partial charge in [-0.25, -0.2) is 0 Å². The van der Waals surface area contributed by atoms with Crippen molar-refractivity contribution >= 4 is 5.91 Å². The van der Waals surface area contributed by atoms with Crippen molar-refractivity contribution in [1.29, 1.82) is 0 Å². The van der Waals surface area contributed by atoms with E-state index < -0.39 is 0 Å². The molecule has 0 saturated heterocycles. The zero-order valence-electron chi connectivity index (χ0n) is 9.58. The second-order valence-electron chi connectivity index (χ2n) is 3.44. The molecule has 0 aromatic carbocycles. The van der Waals surface area contributed by atoms with Crippen LogP contribution in [0.3, 0.4) is 0 Å². The van der Waals surface area contributed by atoms with E-state index in [1.165, 1.54) is 0 Å². The number of carbonyl (C=O) groups is 1. The fourth-order valence-electron chi connectivity index (χ4n) is 1.40. The summed E-state index contributed by atoms with van der Waals surface area (Å²) in [5, 5.41) is 11.2. The van der Waals surface area contributed by atoms with Gasteiger partial charge in [0, 0.05) is 12.1 Å². The fraction of sp³-hybridized carbons (Fsp3) is 0.545. The molecule has 1 heterocycles. The summed E-state index contributed by atoms with van der Waals surface area (Å²) in [5.74, 6) is 0.461. The van der Waals surface area contributed by atoms with Gasteiger partial charge in [-0.3, -0.25) is 4.79 Å². The van der Waals surface area contributed by atoms with Crippen LogP contribution in [-0.2, 0) is 4.74 Å². The van der Waals surface area contributed by atoms with Gasteiger partial charge in [0.1, 0.15) is 5.76 Å². The summed E-state index contributed by atoms with van der Waals surface area (Å²) < 4.78 is 10.2. The van der Waals surface area contributed by atoms with Crippen molar-refractivity contribution < 1.29 is 19.1 Å². The number of hydrogen-bond donors (Lipinski definition) is 2. The summed E-state index contributed by atoms with van der Waals surface area (Å²) in [7, 11) is 0. The predicted molar refractivity (Wildman–Crippen MR) is 58.4 cm³/mol. The highest BCUT2D eigenvalue weighted by Crippen LogP contribution is 2.14. The number of nitrogens with one attached hydrogen (secondary N) is 1. The predicted octanol–water partition coefficient (Wildman–Crippen LogP) is 0.635. The number of aliphatic hydroxyl groups is 1. The lowest BCUT2D eigenvalue weighted by atomic mass is 10.1. The number of aliphatic hydroxyl groups excluding tert-OH is 1. The smallest absolute Gasteiger partial charge is 0.255 e. The number of hydrogen-bond acceptors (Lipinski definition) is 4. The number of rotatable bonds is 6. The maximum Gasteiger partial charge on any atom is 0.255 e. The molecule has 0 unspecified atom stereocenters. The molecule has 0 aliphatic rings. The third-order valence-electron chi connectivity index (χ3n) is 2.15. The Morgan fingerprint density at radius 3 is 2.81 bits per heavy atom. The third-order valence-corrected chi connectivity index (χ3v) is 2.15. The van der Waals surface area contributed by atoms with Crippen molar-refractivity contribution in [3.63, 3.8) is 0 Å². The molecule has 1 aromatic rings. The normalized spacial score (nSPS) is 10.4. The van der Waals surface area contributed by atoms with Gasteiger partial charge in [-0.15, -0.1) is 0 Å². The summed E-state index contributed by atoms with van der Waals surface area (Å²) in [6, 6.07) is 0. The molecule has 0 aliphatic carbocycles. The number of aryl methyl sites for hydroxylation is 2. The molecule has 0 aliphatic heterocycles. The van der Waals surface area contributed by atoms with E-state index in [0.29, 0.717) is 31.1 Å². The maximum atomic E-state index is 11.7. The van der Waals surface area contributed by atoms with Crippen molar-refractivity contribution in [2.45, 2.75) is 13.8 Å². The van der Waals surface area contributed by atoms with Crippen LogP contribution < -0.4 is 5.32 Å². The molecular formula is C11H17NO4. The molecule has 1 amide bonds. The lowest BCUT2D eigenvalue weighted by Gasteiger charge is -2.05. The van der Waals surface area contributed by atoms with Gasteiger partial charge in [-0.05, 0) is 13.8 Å².